The number of ketones is 1. The summed E-state index contributed by atoms with van der Waals surface area (Å²) in [6.07, 6.45) is 1.72. The monoisotopic (exact) mass is 328 g/mol. The van der Waals surface area contributed by atoms with Gasteiger partial charge in [0, 0.05) is 16.1 Å². The van der Waals surface area contributed by atoms with Crippen LogP contribution in [0.15, 0.2) is 54.1 Å². The number of hydrogen-bond donors (Lipinski definition) is 0. The fourth-order valence-corrected chi connectivity index (χ4v) is 2.30. The van der Waals surface area contributed by atoms with Crippen molar-refractivity contribution in [3.05, 3.63) is 70.3 Å². The second-order valence-corrected chi connectivity index (χ2v) is 5.44. The van der Waals surface area contributed by atoms with Gasteiger partial charge in [-0.15, -0.1) is 0 Å². The first-order valence-corrected chi connectivity index (χ1v) is 7.39. The van der Waals surface area contributed by atoms with Crippen LogP contribution in [-0.4, -0.2) is 25.0 Å². The van der Waals surface area contributed by atoms with Gasteiger partial charge in [0.15, 0.2) is 12.4 Å². The van der Waals surface area contributed by atoms with Crippen molar-refractivity contribution in [3.63, 3.8) is 0 Å². The molecule has 0 amide bonds. The summed E-state index contributed by atoms with van der Waals surface area (Å²) in [4.78, 5) is 24.0. The van der Waals surface area contributed by atoms with E-state index in [1.807, 2.05) is 24.3 Å². The predicted octanol–water partition coefficient (Wildman–Crippen LogP) is 3.54. The number of carbonyl (C=O) groups excluding carboxylic acids is 2. The molecule has 1 aliphatic rings. The number of halogens is 1. The predicted molar refractivity (Wildman–Crippen MR) is 86.7 cm³/mol. The number of para-hydroxylation sites is 1. The number of esters is 1. The van der Waals surface area contributed by atoms with Crippen LogP contribution in [0.2, 0.25) is 5.02 Å². The highest BCUT2D eigenvalue weighted by Gasteiger charge is 2.19. The molecule has 4 nitrogen and oxygen atoms in total. The number of ether oxygens (including phenoxy) is 2. The van der Waals surface area contributed by atoms with Gasteiger partial charge in [0.1, 0.15) is 12.4 Å². The van der Waals surface area contributed by atoms with Gasteiger partial charge in [-0.05, 0) is 36.4 Å². The zero-order chi connectivity index (χ0) is 16.2. The Morgan fingerprint density at radius 1 is 1.09 bits per heavy atom. The van der Waals surface area contributed by atoms with Crippen LogP contribution in [0, 0.1) is 0 Å². The number of rotatable bonds is 4. The molecule has 1 aliphatic heterocycles. The minimum atomic E-state index is -0.554. The van der Waals surface area contributed by atoms with Gasteiger partial charge in [0.05, 0.1) is 5.57 Å². The Balaban J connectivity index is 1.63. The van der Waals surface area contributed by atoms with Gasteiger partial charge in [0.25, 0.3) is 0 Å². The van der Waals surface area contributed by atoms with Crippen LogP contribution in [0.4, 0.5) is 0 Å². The molecule has 0 N–H and O–H groups in total. The first-order valence-electron chi connectivity index (χ1n) is 7.02. The van der Waals surface area contributed by atoms with Crippen LogP contribution in [0.5, 0.6) is 5.75 Å². The minimum Gasteiger partial charge on any atom is -0.488 e. The van der Waals surface area contributed by atoms with Crippen LogP contribution < -0.4 is 4.74 Å². The molecular formula is C18H13ClO4. The largest absolute Gasteiger partial charge is 0.488 e. The molecule has 0 spiro atoms. The van der Waals surface area contributed by atoms with Crippen molar-refractivity contribution < 1.29 is 19.1 Å². The average Bonchev–Trinajstić information content (AvgIpc) is 2.59. The van der Waals surface area contributed by atoms with Gasteiger partial charge >= 0.3 is 5.97 Å². The maximum Gasteiger partial charge on any atom is 0.337 e. The standard InChI is InChI=1S/C18H13ClO4/c19-15-7-5-12(6-8-15)16(20)11-23-18(21)14-9-13-3-1-2-4-17(13)22-10-14/h1-9H,10-11H2. The van der Waals surface area contributed by atoms with Gasteiger partial charge in [-0.2, -0.15) is 0 Å². The number of benzene rings is 2. The van der Waals surface area contributed by atoms with E-state index in [4.69, 9.17) is 21.1 Å². The lowest BCUT2D eigenvalue weighted by Crippen LogP contribution is -2.20. The van der Waals surface area contributed by atoms with Crippen molar-refractivity contribution in [1.29, 1.82) is 0 Å². The molecule has 3 rings (SSSR count). The Morgan fingerprint density at radius 2 is 1.83 bits per heavy atom. The Kier molecular flexibility index (Phi) is 4.44. The highest BCUT2D eigenvalue weighted by Crippen LogP contribution is 2.26. The summed E-state index contributed by atoms with van der Waals surface area (Å²) in [6.45, 7) is -0.190. The molecule has 0 fully saturated rings. The van der Waals surface area contributed by atoms with Gasteiger partial charge in [-0.1, -0.05) is 29.8 Å². The summed E-state index contributed by atoms with van der Waals surface area (Å²) in [5.41, 5.74) is 1.64. The van der Waals surface area contributed by atoms with Crippen molar-refractivity contribution in [1.82, 2.24) is 0 Å². The Morgan fingerprint density at radius 3 is 2.61 bits per heavy atom. The van der Waals surface area contributed by atoms with E-state index < -0.39 is 5.97 Å². The van der Waals surface area contributed by atoms with E-state index in [1.165, 1.54) is 0 Å². The third kappa shape index (κ3) is 3.60. The van der Waals surface area contributed by atoms with E-state index >= 15 is 0 Å². The van der Waals surface area contributed by atoms with Crippen molar-refractivity contribution in [3.8, 4) is 5.75 Å². The fraction of sp³-hybridized carbons (Fsp3) is 0.111. The average molecular weight is 329 g/mol. The summed E-state index contributed by atoms with van der Waals surface area (Å²) in [7, 11) is 0. The first-order chi connectivity index (χ1) is 11.1. The Labute approximate surface area is 138 Å². The second kappa shape index (κ2) is 6.67. The van der Waals surface area contributed by atoms with Gasteiger partial charge in [-0.25, -0.2) is 4.79 Å². The van der Waals surface area contributed by atoms with Crippen molar-refractivity contribution in [2.75, 3.05) is 13.2 Å². The van der Waals surface area contributed by atoms with E-state index in [-0.39, 0.29) is 19.0 Å². The lowest BCUT2D eigenvalue weighted by Gasteiger charge is -2.16. The molecular weight excluding hydrogens is 316 g/mol. The van der Waals surface area contributed by atoms with Gasteiger partial charge < -0.3 is 9.47 Å². The molecule has 0 saturated carbocycles. The molecule has 0 unspecified atom stereocenters. The Hall–Kier alpha value is -2.59. The summed E-state index contributed by atoms with van der Waals surface area (Å²) in [5.74, 6) is -0.115. The summed E-state index contributed by atoms with van der Waals surface area (Å²) in [5, 5.41) is 0.543. The highest BCUT2D eigenvalue weighted by molar-refractivity contribution is 6.30. The summed E-state index contributed by atoms with van der Waals surface area (Å²) >= 11 is 5.77. The molecule has 0 atom stereocenters. The van der Waals surface area contributed by atoms with E-state index in [9.17, 15) is 9.59 Å². The molecule has 0 radical (unpaired) electrons. The summed E-state index contributed by atoms with van der Waals surface area (Å²) < 4.78 is 10.6. The smallest absolute Gasteiger partial charge is 0.337 e. The highest BCUT2D eigenvalue weighted by atomic mass is 35.5. The topological polar surface area (TPSA) is 52.6 Å². The van der Waals surface area contributed by atoms with E-state index in [0.717, 1.165) is 11.3 Å². The molecule has 2 aromatic carbocycles. The Bertz CT molecular complexity index is 778. The SMILES string of the molecule is O=C(OCC(=O)c1ccc(Cl)cc1)C1=Cc2ccccc2OC1. The van der Waals surface area contributed by atoms with Crippen molar-refractivity contribution in [2.24, 2.45) is 0 Å². The van der Waals surface area contributed by atoms with E-state index in [1.54, 1.807) is 30.3 Å². The number of fused-ring (bicyclic) bond motifs is 1. The maximum atomic E-state index is 12.1. The summed E-state index contributed by atoms with van der Waals surface area (Å²) in [6, 6.07) is 13.8. The van der Waals surface area contributed by atoms with E-state index in [0.29, 0.717) is 16.2 Å². The normalized spacial score (nSPS) is 12.7. The molecule has 1 heterocycles. The lowest BCUT2D eigenvalue weighted by molar-refractivity contribution is -0.138. The van der Waals surface area contributed by atoms with Crippen molar-refractivity contribution >= 4 is 29.4 Å². The molecule has 23 heavy (non-hydrogen) atoms. The molecule has 2 aromatic rings. The third-order valence-corrected chi connectivity index (χ3v) is 3.65. The van der Waals surface area contributed by atoms with Crippen LogP contribution in [0.3, 0.4) is 0 Å². The first kappa shape index (κ1) is 15.3. The molecule has 0 bridgehead atoms. The van der Waals surface area contributed by atoms with Gasteiger partial charge in [-0.3, -0.25) is 4.79 Å². The third-order valence-electron chi connectivity index (χ3n) is 3.39. The van der Waals surface area contributed by atoms with E-state index in [2.05, 4.69) is 0 Å². The molecule has 0 aliphatic carbocycles. The van der Waals surface area contributed by atoms with Crippen LogP contribution >= 0.6 is 11.6 Å². The van der Waals surface area contributed by atoms with Crippen molar-refractivity contribution in [2.45, 2.75) is 0 Å². The fourth-order valence-electron chi connectivity index (χ4n) is 2.18. The van der Waals surface area contributed by atoms with Crippen LogP contribution in [0.1, 0.15) is 15.9 Å². The molecule has 5 heteroatoms. The maximum absolute atomic E-state index is 12.1. The lowest BCUT2D eigenvalue weighted by atomic mass is 10.1. The zero-order valence-corrected chi connectivity index (χ0v) is 12.9. The number of Topliss-reactive ketones (excluding diaryl/α,β-unsaturated/α-hetero) is 1. The second-order valence-electron chi connectivity index (χ2n) is 5.00. The van der Waals surface area contributed by atoms with Gasteiger partial charge in [0.2, 0.25) is 0 Å². The minimum absolute atomic E-state index is 0.130. The molecule has 0 saturated heterocycles. The molecule has 116 valence electrons. The number of hydrogen-bond acceptors (Lipinski definition) is 4. The quantitative estimate of drug-likeness (QED) is 0.636. The van der Waals surface area contributed by atoms with Crippen LogP contribution in [0.25, 0.3) is 6.08 Å². The zero-order valence-electron chi connectivity index (χ0n) is 12.1. The number of carbonyl (C=O) groups is 2. The van der Waals surface area contributed by atoms with Crippen LogP contribution in [-0.2, 0) is 9.53 Å². The molecule has 0 aromatic heterocycles.